The van der Waals surface area contributed by atoms with E-state index in [1.165, 1.54) is 5.56 Å². The van der Waals surface area contributed by atoms with Crippen LogP contribution in [0.1, 0.15) is 35.7 Å². The van der Waals surface area contributed by atoms with E-state index in [0.717, 1.165) is 29.5 Å². The molecule has 6 nitrogen and oxygen atoms in total. The predicted molar refractivity (Wildman–Crippen MR) is 138 cm³/mol. The first kappa shape index (κ1) is 24.0. The van der Waals surface area contributed by atoms with E-state index < -0.39 is 12.0 Å². The van der Waals surface area contributed by atoms with Crippen LogP contribution in [0.3, 0.4) is 0 Å². The first-order chi connectivity index (χ1) is 17.0. The second-order valence-corrected chi connectivity index (χ2v) is 8.57. The molecule has 0 amide bonds. The number of rotatable bonds is 10. The minimum atomic E-state index is -0.944. The van der Waals surface area contributed by atoms with Gasteiger partial charge in [-0.3, -0.25) is 0 Å². The zero-order valence-corrected chi connectivity index (χ0v) is 19.7. The molecule has 3 N–H and O–H groups in total. The van der Waals surface area contributed by atoms with E-state index >= 15 is 0 Å². The van der Waals surface area contributed by atoms with Gasteiger partial charge in [-0.2, -0.15) is 0 Å². The van der Waals surface area contributed by atoms with Crippen molar-refractivity contribution >= 4 is 11.8 Å². The van der Waals surface area contributed by atoms with Crippen molar-refractivity contribution in [1.82, 2.24) is 9.97 Å². The standard InChI is InChI=1S/C29H29N3O3/c1-2-7-20-10-6-11-22(16-20)18-26(29(34)35)32-28-25(17-21-8-4-3-5-9-21)31-27(19-30-28)23-12-14-24(33)15-13-23/h3-6,8-16,19,26,33H,2,7,17-18H2,1H3,(H,30,32)(H,34,35). The van der Waals surface area contributed by atoms with Gasteiger partial charge in [0, 0.05) is 18.4 Å². The summed E-state index contributed by atoms with van der Waals surface area (Å²) in [5.74, 6) is -0.314. The van der Waals surface area contributed by atoms with Gasteiger partial charge in [-0.05, 0) is 47.4 Å². The average Bonchev–Trinajstić information content (AvgIpc) is 2.86. The molecular formula is C29H29N3O3. The van der Waals surface area contributed by atoms with Crippen molar-refractivity contribution in [2.75, 3.05) is 5.32 Å². The number of aliphatic carboxylic acids is 1. The summed E-state index contributed by atoms with van der Waals surface area (Å²) in [5.41, 5.74) is 5.35. The maximum Gasteiger partial charge on any atom is 0.326 e. The van der Waals surface area contributed by atoms with E-state index in [-0.39, 0.29) is 5.75 Å². The third-order valence-corrected chi connectivity index (χ3v) is 5.80. The highest BCUT2D eigenvalue weighted by atomic mass is 16.4. The molecule has 4 aromatic rings. The van der Waals surface area contributed by atoms with Gasteiger partial charge >= 0.3 is 5.97 Å². The van der Waals surface area contributed by atoms with E-state index in [4.69, 9.17) is 4.98 Å². The van der Waals surface area contributed by atoms with Crippen molar-refractivity contribution in [3.05, 3.63) is 107 Å². The molecule has 0 saturated heterocycles. The fraction of sp³-hybridized carbons (Fsp3) is 0.207. The summed E-state index contributed by atoms with van der Waals surface area (Å²) in [6.07, 6.45) is 4.46. The van der Waals surface area contributed by atoms with E-state index in [9.17, 15) is 15.0 Å². The molecule has 1 unspecified atom stereocenters. The first-order valence-corrected chi connectivity index (χ1v) is 11.8. The van der Waals surface area contributed by atoms with Crippen LogP contribution < -0.4 is 5.32 Å². The molecule has 1 atom stereocenters. The zero-order chi connectivity index (χ0) is 24.6. The number of carbonyl (C=O) groups is 1. The molecule has 6 heteroatoms. The van der Waals surface area contributed by atoms with Crippen LogP contribution in [0.5, 0.6) is 5.75 Å². The Balaban J connectivity index is 1.64. The second-order valence-electron chi connectivity index (χ2n) is 8.57. The van der Waals surface area contributed by atoms with Crippen LogP contribution in [0.2, 0.25) is 0 Å². The van der Waals surface area contributed by atoms with Crippen LogP contribution in [-0.2, 0) is 24.1 Å². The number of hydrogen-bond acceptors (Lipinski definition) is 5. The van der Waals surface area contributed by atoms with Crippen LogP contribution in [0.25, 0.3) is 11.3 Å². The minimum absolute atomic E-state index is 0.178. The van der Waals surface area contributed by atoms with Gasteiger partial charge in [0.1, 0.15) is 17.6 Å². The molecule has 3 aromatic carbocycles. The second kappa shape index (κ2) is 11.3. The van der Waals surface area contributed by atoms with Gasteiger partial charge in [-0.25, -0.2) is 14.8 Å². The van der Waals surface area contributed by atoms with Gasteiger partial charge in [0.25, 0.3) is 0 Å². The van der Waals surface area contributed by atoms with Crippen molar-refractivity contribution in [2.45, 2.75) is 38.6 Å². The summed E-state index contributed by atoms with van der Waals surface area (Å²) in [6, 6.07) is 23.9. The minimum Gasteiger partial charge on any atom is -0.508 e. The molecule has 0 spiro atoms. The fourth-order valence-electron chi connectivity index (χ4n) is 4.03. The number of anilines is 1. The molecule has 1 heterocycles. The summed E-state index contributed by atoms with van der Waals surface area (Å²) >= 11 is 0. The molecule has 178 valence electrons. The lowest BCUT2D eigenvalue weighted by Gasteiger charge is -2.18. The molecule has 0 bridgehead atoms. The molecule has 0 radical (unpaired) electrons. The fourth-order valence-corrected chi connectivity index (χ4v) is 4.03. The number of aromatic nitrogens is 2. The first-order valence-electron chi connectivity index (χ1n) is 11.8. The number of carboxylic acid groups (broad SMARTS) is 1. The smallest absolute Gasteiger partial charge is 0.326 e. The number of hydrogen-bond donors (Lipinski definition) is 3. The van der Waals surface area contributed by atoms with Gasteiger partial charge in [0.05, 0.1) is 17.6 Å². The lowest BCUT2D eigenvalue weighted by atomic mass is 10.0. The van der Waals surface area contributed by atoms with Gasteiger partial charge in [-0.1, -0.05) is 67.9 Å². The zero-order valence-electron chi connectivity index (χ0n) is 19.7. The Morgan fingerprint density at radius 1 is 0.943 bits per heavy atom. The number of carboxylic acids is 1. The van der Waals surface area contributed by atoms with E-state index in [0.29, 0.717) is 30.0 Å². The highest BCUT2D eigenvalue weighted by Gasteiger charge is 2.21. The lowest BCUT2D eigenvalue weighted by molar-refractivity contribution is -0.137. The Kier molecular flexibility index (Phi) is 7.73. The van der Waals surface area contributed by atoms with Crippen molar-refractivity contribution in [3.8, 4) is 17.0 Å². The number of aryl methyl sites for hydroxylation is 1. The maximum atomic E-state index is 12.2. The Hall–Kier alpha value is -4.19. The lowest BCUT2D eigenvalue weighted by Crippen LogP contribution is -2.32. The number of aromatic hydroxyl groups is 1. The number of nitrogens with zero attached hydrogens (tertiary/aromatic N) is 2. The van der Waals surface area contributed by atoms with Crippen molar-refractivity contribution in [3.63, 3.8) is 0 Å². The van der Waals surface area contributed by atoms with Crippen molar-refractivity contribution in [2.24, 2.45) is 0 Å². The highest BCUT2D eigenvalue weighted by molar-refractivity contribution is 5.77. The Bertz CT molecular complexity index is 1270. The molecule has 0 saturated carbocycles. The van der Waals surface area contributed by atoms with Crippen LogP contribution >= 0.6 is 0 Å². The van der Waals surface area contributed by atoms with Crippen LogP contribution in [0.15, 0.2) is 85.1 Å². The third-order valence-electron chi connectivity index (χ3n) is 5.80. The molecule has 35 heavy (non-hydrogen) atoms. The Morgan fingerprint density at radius 2 is 1.66 bits per heavy atom. The quantitative estimate of drug-likeness (QED) is 0.285. The number of phenols is 1. The van der Waals surface area contributed by atoms with Crippen LogP contribution in [0, 0.1) is 0 Å². The summed E-state index contributed by atoms with van der Waals surface area (Å²) in [5, 5.41) is 22.7. The normalized spacial score (nSPS) is 11.7. The largest absolute Gasteiger partial charge is 0.508 e. The van der Waals surface area contributed by atoms with Crippen molar-refractivity contribution < 1.29 is 15.0 Å². The van der Waals surface area contributed by atoms with E-state index in [1.54, 1.807) is 30.5 Å². The monoisotopic (exact) mass is 467 g/mol. The summed E-state index contributed by atoms with van der Waals surface area (Å²) in [6.45, 7) is 2.13. The van der Waals surface area contributed by atoms with Gasteiger partial charge in [0.15, 0.2) is 0 Å². The SMILES string of the molecule is CCCc1cccc(CC(Nc2ncc(-c3ccc(O)cc3)nc2Cc2ccccc2)C(=O)O)c1. The topological polar surface area (TPSA) is 95.3 Å². The molecule has 0 fully saturated rings. The highest BCUT2D eigenvalue weighted by Crippen LogP contribution is 2.24. The van der Waals surface area contributed by atoms with Crippen molar-refractivity contribution in [1.29, 1.82) is 0 Å². The van der Waals surface area contributed by atoms with Gasteiger partial charge in [0.2, 0.25) is 0 Å². The molecule has 1 aromatic heterocycles. The van der Waals surface area contributed by atoms with E-state index in [1.807, 2.05) is 42.5 Å². The average molecular weight is 468 g/mol. The molecule has 0 aliphatic rings. The summed E-state index contributed by atoms with van der Waals surface area (Å²) in [7, 11) is 0. The number of phenolic OH excluding ortho intramolecular Hbond substituents is 1. The third kappa shape index (κ3) is 6.44. The Labute approximate surface area is 205 Å². The number of benzene rings is 3. The van der Waals surface area contributed by atoms with Gasteiger partial charge in [-0.15, -0.1) is 0 Å². The summed E-state index contributed by atoms with van der Waals surface area (Å²) in [4.78, 5) is 21.6. The summed E-state index contributed by atoms with van der Waals surface area (Å²) < 4.78 is 0. The number of nitrogens with one attached hydrogen (secondary N) is 1. The molecule has 0 aliphatic heterocycles. The van der Waals surface area contributed by atoms with E-state index in [2.05, 4.69) is 29.4 Å². The molecule has 4 rings (SSSR count). The maximum absolute atomic E-state index is 12.2. The molecule has 0 aliphatic carbocycles. The van der Waals surface area contributed by atoms with Gasteiger partial charge < -0.3 is 15.5 Å². The molecular weight excluding hydrogens is 438 g/mol. The van der Waals surface area contributed by atoms with Crippen LogP contribution in [0.4, 0.5) is 5.82 Å². The Morgan fingerprint density at radius 3 is 2.37 bits per heavy atom. The van der Waals surface area contributed by atoms with Crippen LogP contribution in [-0.4, -0.2) is 32.2 Å². The predicted octanol–water partition coefficient (Wildman–Crippen LogP) is 5.50.